The molecule has 1 atom stereocenters. The first-order chi connectivity index (χ1) is 11.6. The summed E-state index contributed by atoms with van der Waals surface area (Å²) in [5, 5.41) is 11.2. The van der Waals surface area contributed by atoms with Crippen LogP contribution in [0.3, 0.4) is 0 Å². The molecule has 0 spiro atoms. The SMILES string of the molecule is CCCCC1(O)CCCC/C1=C\C1(Sc2ccccc2OC)CC1. The quantitative estimate of drug-likeness (QED) is 0.638. The molecule has 2 aliphatic carbocycles. The van der Waals surface area contributed by atoms with E-state index in [1.54, 1.807) is 7.11 Å². The molecule has 1 unspecified atom stereocenters. The van der Waals surface area contributed by atoms with Crippen LogP contribution < -0.4 is 4.74 Å². The lowest BCUT2D eigenvalue weighted by molar-refractivity contribution is 0.0406. The van der Waals surface area contributed by atoms with Gasteiger partial charge >= 0.3 is 0 Å². The fourth-order valence-corrected chi connectivity index (χ4v) is 5.07. The van der Waals surface area contributed by atoms with Gasteiger partial charge in [-0.1, -0.05) is 38.0 Å². The molecule has 0 bridgehead atoms. The Morgan fingerprint density at radius 2 is 2.00 bits per heavy atom. The number of ether oxygens (including phenoxy) is 1. The van der Waals surface area contributed by atoms with Gasteiger partial charge in [0.1, 0.15) is 5.75 Å². The third-order valence-electron chi connectivity index (χ3n) is 5.39. The molecule has 0 saturated heterocycles. The normalized spacial score (nSPS) is 27.2. The minimum absolute atomic E-state index is 0.168. The van der Waals surface area contributed by atoms with Crippen LogP contribution in [0.15, 0.2) is 40.8 Å². The summed E-state index contributed by atoms with van der Waals surface area (Å²) in [6.07, 6.45) is 12.4. The van der Waals surface area contributed by atoms with Crippen LogP contribution in [0.4, 0.5) is 0 Å². The van der Waals surface area contributed by atoms with Crippen molar-refractivity contribution in [2.45, 2.75) is 80.0 Å². The number of unbranched alkanes of at least 4 members (excludes halogenated alkanes) is 1. The van der Waals surface area contributed by atoms with E-state index in [1.165, 1.54) is 29.7 Å². The van der Waals surface area contributed by atoms with Crippen molar-refractivity contribution in [2.75, 3.05) is 7.11 Å². The second kappa shape index (κ2) is 7.53. The molecule has 0 heterocycles. The van der Waals surface area contributed by atoms with E-state index in [2.05, 4.69) is 25.1 Å². The topological polar surface area (TPSA) is 29.5 Å². The molecule has 2 aliphatic rings. The van der Waals surface area contributed by atoms with E-state index < -0.39 is 5.60 Å². The van der Waals surface area contributed by atoms with E-state index in [0.29, 0.717) is 0 Å². The number of benzene rings is 1. The second-order valence-corrected chi connectivity index (χ2v) is 8.79. The van der Waals surface area contributed by atoms with Gasteiger partial charge in [0.2, 0.25) is 0 Å². The van der Waals surface area contributed by atoms with Crippen molar-refractivity contribution >= 4 is 11.8 Å². The number of thioether (sulfide) groups is 1. The average molecular weight is 347 g/mol. The van der Waals surface area contributed by atoms with E-state index in [1.807, 2.05) is 23.9 Å². The van der Waals surface area contributed by atoms with Gasteiger partial charge in [0, 0.05) is 4.75 Å². The Balaban J connectivity index is 1.80. The van der Waals surface area contributed by atoms with Gasteiger partial charge in [-0.05, 0) is 62.7 Å². The molecule has 2 saturated carbocycles. The Hall–Kier alpha value is -0.930. The molecule has 132 valence electrons. The number of rotatable bonds is 7. The van der Waals surface area contributed by atoms with Gasteiger partial charge in [-0.15, -0.1) is 11.8 Å². The third-order valence-corrected chi connectivity index (χ3v) is 6.88. The van der Waals surface area contributed by atoms with Crippen LogP contribution in [-0.2, 0) is 0 Å². The smallest absolute Gasteiger partial charge is 0.132 e. The van der Waals surface area contributed by atoms with Gasteiger partial charge in [-0.25, -0.2) is 0 Å². The van der Waals surface area contributed by atoms with Gasteiger partial charge in [0.25, 0.3) is 0 Å². The monoisotopic (exact) mass is 346 g/mol. The van der Waals surface area contributed by atoms with Gasteiger partial charge in [0.05, 0.1) is 17.6 Å². The highest BCUT2D eigenvalue weighted by molar-refractivity contribution is 8.01. The molecule has 3 heteroatoms. The summed E-state index contributed by atoms with van der Waals surface area (Å²) < 4.78 is 5.68. The van der Waals surface area contributed by atoms with Crippen molar-refractivity contribution in [1.29, 1.82) is 0 Å². The van der Waals surface area contributed by atoms with E-state index in [4.69, 9.17) is 4.74 Å². The Kier molecular flexibility index (Phi) is 5.61. The Bertz CT molecular complexity index is 591. The van der Waals surface area contributed by atoms with Gasteiger partial charge in [0.15, 0.2) is 0 Å². The van der Waals surface area contributed by atoms with Crippen molar-refractivity contribution in [3.63, 3.8) is 0 Å². The highest BCUT2D eigenvalue weighted by Gasteiger charge is 2.45. The van der Waals surface area contributed by atoms with Crippen molar-refractivity contribution in [3.05, 3.63) is 35.9 Å². The highest BCUT2D eigenvalue weighted by Crippen LogP contribution is 2.56. The van der Waals surface area contributed by atoms with Gasteiger partial charge in [-0.3, -0.25) is 0 Å². The minimum Gasteiger partial charge on any atom is -0.496 e. The maximum Gasteiger partial charge on any atom is 0.132 e. The molecule has 0 aliphatic heterocycles. The molecule has 3 rings (SSSR count). The number of hydrogen-bond acceptors (Lipinski definition) is 3. The molecule has 2 fully saturated rings. The average Bonchev–Trinajstić information content (AvgIpc) is 3.35. The molecule has 0 aromatic heterocycles. The molecule has 24 heavy (non-hydrogen) atoms. The van der Waals surface area contributed by atoms with E-state index in [9.17, 15) is 5.11 Å². The van der Waals surface area contributed by atoms with Crippen molar-refractivity contribution in [1.82, 2.24) is 0 Å². The van der Waals surface area contributed by atoms with Crippen molar-refractivity contribution < 1.29 is 9.84 Å². The Labute approximate surface area is 150 Å². The summed E-state index contributed by atoms with van der Waals surface area (Å²) in [5.41, 5.74) is 0.757. The van der Waals surface area contributed by atoms with Gasteiger partial charge < -0.3 is 9.84 Å². The van der Waals surface area contributed by atoms with Crippen LogP contribution >= 0.6 is 11.8 Å². The first-order valence-corrected chi connectivity index (χ1v) is 10.2. The molecular formula is C21H30O2S. The lowest BCUT2D eigenvalue weighted by atomic mass is 9.76. The standard InChI is InChI=1S/C21H30O2S/c1-3-4-12-21(22)13-8-7-9-17(21)16-20(14-15-20)24-19-11-6-5-10-18(19)23-2/h5-6,10-11,16,22H,3-4,7-9,12-15H2,1-2H3/b17-16+. The van der Waals surface area contributed by atoms with Crippen LogP contribution in [0, 0.1) is 0 Å². The van der Waals surface area contributed by atoms with Crippen molar-refractivity contribution in [2.24, 2.45) is 0 Å². The molecule has 0 amide bonds. The van der Waals surface area contributed by atoms with Crippen LogP contribution in [0.25, 0.3) is 0 Å². The lowest BCUT2D eigenvalue weighted by Crippen LogP contribution is -2.34. The first kappa shape index (κ1) is 17.9. The van der Waals surface area contributed by atoms with Crippen LogP contribution in [0.5, 0.6) is 5.75 Å². The Morgan fingerprint density at radius 1 is 1.21 bits per heavy atom. The zero-order valence-corrected chi connectivity index (χ0v) is 15.8. The summed E-state index contributed by atoms with van der Waals surface area (Å²) in [6, 6.07) is 8.27. The third kappa shape index (κ3) is 4.00. The van der Waals surface area contributed by atoms with Crippen LogP contribution in [0.1, 0.15) is 64.7 Å². The van der Waals surface area contributed by atoms with E-state index in [0.717, 1.165) is 44.3 Å². The molecule has 1 N–H and O–H groups in total. The zero-order valence-electron chi connectivity index (χ0n) is 15.0. The summed E-state index contributed by atoms with van der Waals surface area (Å²) in [7, 11) is 1.74. The second-order valence-electron chi connectivity index (χ2n) is 7.33. The molecular weight excluding hydrogens is 316 g/mol. The zero-order chi connectivity index (χ0) is 17.0. The fraction of sp³-hybridized carbons (Fsp3) is 0.619. The summed E-state index contributed by atoms with van der Waals surface area (Å²) in [4.78, 5) is 1.21. The summed E-state index contributed by atoms with van der Waals surface area (Å²) in [5.74, 6) is 0.956. The first-order valence-electron chi connectivity index (χ1n) is 9.37. The maximum absolute atomic E-state index is 11.2. The molecule has 1 aromatic rings. The fourth-order valence-electron chi connectivity index (χ4n) is 3.73. The van der Waals surface area contributed by atoms with Crippen LogP contribution in [0.2, 0.25) is 0 Å². The van der Waals surface area contributed by atoms with Gasteiger partial charge in [-0.2, -0.15) is 0 Å². The van der Waals surface area contributed by atoms with E-state index in [-0.39, 0.29) is 4.75 Å². The largest absolute Gasteiger partial charge is 0.496 e. The predicted octanol–water partition coefficient (Wildman–Crippen LogP) is 5.74. The predicted molar refractivity (Wildman–Crippen MR) is 102 cm³/mol. The van der Waals surface area contributed by atoms with Crippen LogP contribution in [-0.4, -0.2) is 22.6 Å². The Morgan fingerprint density at radius 3 is 2.71 bits per heavy atom. The van der Waals surface area contributed by atoms with E-state index >= 15 is 0 Å². The minimum atomic E-state index is -0.550. The number of hydrogen-bond donors (Lipinski definition) is 1. The number of methoxy groups -OCH3 is 1. The number of para-hydroxylation sites is 1. The molecule has 1 aromatic carbocycles. The lowest BCUT2D eigenvalue weighted by Gasteiger charge is -2.36. The summed E-state index contributed by atoms with van der Waals surface area (Å²) in [6.45, 7) is 2.20. The van der Waals surface area contributed by atoms with Crippen molar-refractivity contribution in [3.8, 4) is 5.75 Å². The summed E-state index contributed by atoms with van der Waals surface area (Å²) >= 11 is 1.91. The maximum atomic E-state index is 11.2. The highest BCUT2D eigenvalue weighted by atomic mass is 32.2. The molecule has 2 nitrogen and oxygen atoms in total. The number of aliphatic hydroxyl groups is 1. The molecule has 0 radical (unpaired) electrons.